The van der Waals surface area contributed by atoms with Gasteiger partial charge in [0.15, 0.2) is 0 Å². The molecule has 0 bridgehead atoms. The fraction of sp³-hybridized carbons (Fsp3) is 0.188. The molecule has 1 N–H and O–H groups in total. The quantitative estimate of drug-likeness (QED) is 0.936. The average Bonchev–Trinajstić information content (AvgIpc) is 3.01. The second-order valence-electron chi connectivity index (χ2n) is 4.56. The molecule has 3 rings (SSSR count). The molecule has 3 nitrogen and oxygen atoms in total. The standard InChI is InChI=1S/C16H15ClN2O/c17-13-5-7-14(8-6-13)20-11-12-3-1-2-4-15(12)16-18-9-10-19-16/h1-8H,9-11H2,(H,18,19). The first-order chi connectivity index (χ1) is 9.83. The number of halogens is 1. The van der Waals surface area contributed by atoms with Crippen LogP contribution < -0.4 is 10.1 Å². The van der Waals surface area contributed by atoms with Crippen LogP contribution in [0.25, 0.3) is 0 Å². The highest BCUT2D eigenvalue weighted by molar-refractivity contribution is 6.30. The minimum atomic E-state index is 0.512. The van der Waals surface area contributed by atoms with Crippen molar-refractivity contribution in [2.24, 2.45) is 4.99 Å². The Morgan fingerprint density at radius 3 is 2.65 bits per heavy atom. The lowest BCUT2D eigenvalue weighted by Crippen LogP contribution is -2.21. The molecule has 20 heavy (non-hydrogen) atoms. The maximum absolute atomic E-state index is 5.86. The highest BCUT2D eigenvalue weighted by Crippen LogP contribution is 2.18. The molecule has 0 saturated carbocycles. The normalized spacial score (nSPS) is 13.8. The number of ether oxygens (including phenoxy) is 1. The molecule has 0 fully saturated rings. The second-order valence-corrected chi connectivity index (χ2v) is 4.99. The first-order valence-corrected chi connectivity index (χ1v) is 6.96. The predicted molar refractivity (Wildman–Crippen MR) is 81.6 cm³/mol. The topological polar surface area (TPSA) is 33.6 Å². The van der Waals surface area contributed by atoms with Crippen molar-refractivity contribution < 1.29 is 4.74 Å². The summed E-state index contributed by atoms with van der Waals surface area (Å²) in [4.78, 5) is 4.47. The number of benzene rings is 2. The summed E-state index contributed by atoms with van der Waals surface area (Å²) in [6, 6.07) is 15.6. The molecule has 0 atom stereocenters. The molecule has 4 heteroatoms. The lowest BCUT2D eigenvalue weighted by atomic mass is 10.1. The van der Waals surface area contributed by atoms with Crippen LogP contribution in [0.2, 0.25) is 5.02 Å². The maximum Gasteiger partial charge on any atom is 0.128 e. The van der Waals surface area contributed by atoms with Crippen molar-refractivity contribution in [3.05, 3.63) is 64.7 Å². The largest absolute Gasteiger partial charge is 0.489 e. The molecule has 1 aliphatic rings. The summed E-state index contributed by atoms with van der Waals surface area (Å²) < 4.78 is 5.81. The van der Waals surface area contributed by atoms with E-state index in [4.69, 9.17) is 16.3 Å². The zero-order valence-corrected chi connectivity index (χ0v) is 11.7. The van der Waals surface area contributed by atoms with Crippen LogP contribution in [0.1, 0.15) is 11.1 Å². The fourth-order valence-electron chi connectivity index (χ4n) is 2.15. The van der Waals surface area contributed by atoms with Crippen LogP contribution in [0.15, 0.2) is 53.5 Å². The van der Waals surface area contributed by atoms with Crippen LogP contribution in [0.4, 0.5) is 0 Å². The monoisotopic (exact) mass is 286 g/mol. The third-order valence-electron chi connectivity index (χ3n) is 3.15. The Bertz CT molecular complexity index is 623. The number of hydrogen-bond donors (Lipinski definition) is 1. The van der Waals surface area contributed by atoms with E-state index in [1.807, 2.05) is 36.4 Å². The molecular weight excluding hydrogens is 272 g/mol. The van der Waals surface area contributed by atoms with Gasteiger partial charge in [-0.3, -0.25) is 4.99 Å². The van der Waals surface area contributed by atoms with Gasteiger partial charge in [-0.1, -0.05) is 35.9 Å². The molecule has 0 unspecified atom stereocenters. The van der Waals surface area contributed by atoms with Gasteiger partial charge in [-0.2, -0.15) is 0 Å². The molecule has 0 saturated heterocycles. The van der Waals surface area contributed by atoms with Gasteiger partial charge in [-0.25, -0.2) is 0 Å². The van der Waals surface area contributed by atoms with E-state index < -0.39 is 0 Å². The molecule has 1 aliphatic heterocycles. The SMILES string of the molecule is Clc1ccc(OCc2ccccc2C2=NCCN2)cc1. The summed E-state index contributed by atoms with van der Waals surface area (Å²) in [5, 5.41) is 4.01. The van der Waals surface area contributed by atoms with Crippen molar-refractivity contribution in [1.82, 2.24) is 5.32 Å². The van der Waals surface area contributed by atoms with Crippen molar-refractivity contribution in [2.45, 2.75) is 6.61 Å². The summed E-state index contributed by atoms with van der Waals surface area (Å²) in [7, 11) is 0. The van der Waals surface area contributed by atoms with Gasteiger partial charge in [0.05, 0.1) is 6.54 Å². The molecule has 0 aliphatic carbocycles. The number of aliphatic imine (C=N–C) groups is 1. The number of amidine groups is 1. The van der Waals surface area contributed by atoms with E-state index in [0.717, 1.165) is 35.8 Å². The number of nitrogens with zero attached hydrogens (tertiary/aromatic N) is 1. The van der Waals surface area contributed by atoms with E-state index in [2.05, 4.69) is 22.4 Å². The predicted octanol–water partition coefficient (Wildman–Crippen LogP) is 3.27. The maximum atomic E-state index is 5.86. The van der Waals surface area contributed by atoms with Crippen molar-refractivity contribution in [1.29, 1.82) is 0 Å². The van der Waals surface area contributed by atoms with E-state index >= 15 is 0 Å². The lowest BCUT2D eigenvalue weighted by molar-refractivity contribution is 0.306. The Kier molecular flexibility index (Phi) is 3.88. The van der Waals surface area contributed by atoms with Gasteiger partial charge in [-0.05, 0) is 24.3 Å². The third-order valence-corrected chi connectivity index (χ3v) is 3.41. The fourth-order valence-corrected chi connectivity index (χ4v) is 2.27. The molecule has 102 valence electrons. The third kappa shape index (κ3) is 2.94. The van der Waals surface area contributed by atoms with Crippen LogP contribution in [0.3, 0.4) is 0 Å². The van der Waals surface area contributed by atoms with Crippen LogP contribution in [0, 0.1) is 0 Å². The highest BCUT2D eigenvalue weighted by atomic mass is 35.5. The van der Waals surface area contributed by atoms with Gasteiger partial charge < -0.3 is 10.1 Å². The average molecular weight is 287 g/mol. The van der Waals surface area contributed by atoms with Gasteiger partial charge in [0.2, 0.25) is 0 Å². The van der Waals surface area contributed by atoms with E-state index in [0.29, 0.717) is 11.6 Å². The second kappa shape index (κ2) is 5.97. The number of hydrogen-bond acceptors (Lipinski definition) is 3. The Balaban J connectivity index is 1.75. The minimum Gasteiger partial charge on any atom is -0.489 e. The van der Waals surface area contributed by atoms with Crippen LogP contribution in [0.5, 0.6) is 5.75 Å². The van der Waals surface area contributed by atoms with Crippen molar-refractivity contribution in [3.8, 4) is 5.75 Å². The molecule has 0 aromatic heterocycles. The van der Waals surface area contributed by atoms with Gasteiger partial charge in [-0.15, -0.1) is 0 Å². The Morgan fingerprint density at radius 1 is 1.10 bits per heavy atom. The zero-order valence-electron chi connectivity index (χ0n) is 11.0. The van der Waals surface area contributed by atoms with E-state index in [-0.39, 0.29) is 0 Å². The van der Waals surface area contributed by atoms with Gasteiger partial charge >= 0.3 is 0 Å². The van der Waals surface area contributed by atoms with Crippen LogP contribution >= 0.6 is 11.6 Å². The van der Waals surface area contributed by atoms with Crippen molar-refractivity contribution in [2.75, 3.05) is 13.1 Å². The lowest BCUT2D eigenvalue weighted by Gasteiger charge is -2.11. The summed E-state index contributed by atoms with van der Waals surface area (Å²) in [6.07, 6.45) is 0. The van der Waals surface area contributed by atoms with E-state index in [1.165, 1.54) is 0 Å². The molecule has 2 aromatic rings. The molecule has 1 heterocycles. The molecule has 0 spiro atoms. The van der Waals surface area contributed by atoms with E-state index in [9.17, 15) is 0 Å². The summed E-state index contributed by atoms with van der Waals surface area (Å²) in [6.45, 7) is 2.25. The van der Waals surface area contributed by atoms with Gasteiger partial charge in [0.1, 0.15) is 18.2 Å². The molecular formula is C16H15ClN2O. The summed E-state index contributed by atoms with van der Waals surface area (Å²) in [5.41, 5.74) is 2.23. The van der Waals surface area contributed by atoms with Gasteiger partial charge in [0, 0.05) is 22.7 Å². The molecule has 0 radical (unpaired) electrons. The smallest absolute Gasteiger partial charge is 0.128 e. The highest BCUT2D eigenvalue weighted by Gasteiger charge is 2.12. The summed E-state index contributed by atoms with van der Waals surface area (Å²) in [5.74, 6) is 1.77. The van der Waals surface area contributed by atoms with Crippen LogP contribution in [-0.4, -0.2) is 18.9 Å². The van der Waals surface area contributed by atoms with E-state index in [1.54, 1.807) is 0 Å². The number of nitrogens with one attached hydrogen (secondary N) is 1. The Morgan fingerprint density at radius 2 is 1.90 bits per heavy atom. The number of rotatable bonds is 4. The molecule has 0 amide bonds. The first-order valence-electron chi connectivity index (χ1n) is 6.58. The Hall–Kier alpha value is -2.00. The Labute approximate surface area is 123 Å². The van der Waals surface area contributed by atoms with Gasteiger partial charge in [0.25, 0.3) is 0 Å². The first kappa shape index (κ1) is 13.0. The minimum absolute atomic E-state index is 0.512. The summed E-state index contributed by atoms with van der Waals surface area (Å²) >= 11 is 5.86. The van der Waals surface area contributed by atoms with Crippen LogP contribution in [-0.2, 0) is 6.61 Å². The zero-order chi connectivity index (χ0) is 13.8. The molecule has 2 aromatic carbocycles. The van der Waals surface area contributed by atoms with Crippen molar-refractivity contribution >= 4 is 17.4 Å². The van der Waals surface area contributed by atoms with Crippen molar-refractivity contribution in [3.63, 3.8) is 0 Å².